The van der Waals surface area contributed by atoms with E-state index in [1.54, 1.807) is 12.1 Å². The summed E-state index contributed by atoms with van der Waals surface area (Å²) >= 11 is 1.39. The topological polar surface area (TPSA) is 132 Å². The van der Waals surface area contributed by atoms with Gasteiger partial charge in [0, 0.05) is 5.38 Å². The van der Waals surface area contributed by atoms with Crippen LogP contribution in [-0.4, -0.2) is 17.0 Å². The molecular formula is C21H20N6O2S. The number of anilines is 1. The number of aromatic nitrogens is 1. The molecule has 2 heterocycles. The maximum Gasteiger partial charge on any atom is 0.312 e. The standard InChI is InChI=1S/C21H20N6O2S/c22-19(24-10-14-6-3-5-13-4-1-2-7-16(13)14)27-21-26-17(12-30-21)18-9-8-15(29-18)11-25-20(23)28/h1-9,12H,10-11H2,(H3,23,25,28)(H3,22,24,26,27). The highest BCUT2D eigenvalue weighted by atomic mass is 32.1. The van der Waals surface area contributed by atoms with Gasteiger partial charge in [-0.2, -0.15) is 0 Å². The number of urea groups is 1. The summed E-state index contributed by atoms with van der Waals surface area (Å²) in [5, 5.41) is 10.3. The molecule has 0 saturated heterocycles. The number of guanidine groups is 1. The molecule has 0 bridgehead atoms. The highest BCUT2D eigenvalue weighted by Gasteiger charge is 2.10. The molecule has 0 aliphatic rings. The van der Waals surface area contributed by atoms with Crippen molar-refractivity contribution in [2.24, 2.45) is 16.5 Å². The minimum Gasteiger partial charge on any atom is -0.458 e. The predicted molar refractivity (Wildman–Crippen MR) is 119 cm³/mol. The van der Waals surface area contributed by atoms with Gasteiger partial charge >= 0.3 is 6.03 Å². The summed E-state index contributed by atoms with van der Waals surface area (Å²) in [5.41, 5.74) is 12.9. The van der Waals surface area contributed by atoms with Crippen molar-refractivity contribution < 1.29 is 9.21 Å². The first-order chi connectivity index (χ1) is 14.6. The van der Waals surface area contributed by atoms with E-state index in [0.29, 0.717) is 28.9 Å². The van der Waals surface area contributed by atoms with Gasteiger partial charge in [-0.15, -0.1) is 11.3 Å². The predicted octanol–water partition coefficient (Wildman–Crippen LogP) is 3.65. The van der Waals surface area contributed by atoms with E-state index in [1.165, 1.54) is 16.7 Å². The van der Waals surface area contributed by atoms with Crippen molar-refractivity contribution in [1.82, 2.24) is 10.3 Å². The number of nitrogens with two attached hydrogens (primary N) is 2. The number of nitrogens with one attached hydrogen (secondary N) is 2. The number of nitrogens with zero attached hydrogens (tertiary/aromatic N) is 2. The van der Waals surface area contributed by atoms with Crippen LogP contribution in [0.5, 0.6) is 0 Å². The fraction of sp³-hybridized carbons (Fsp3) is 0.0952. The zero-order chi connectivity index (χ0) is 20.9. The second-order valence-corrected chi connectivity index (χ2v) is 7.34. The number of primary amides is 1. The van der Waals surface area contributed by atoms with E-state index >= 15 is 0 Å². The Morgan fingerprint density at radius 3 is 2.80 bits per heavy atom. The van der Waals surface area contributed by atoms with Crippen molar-refractivity contribution >= 4 is 39.2 Å². The van der Waals surface area contributed by atoms with Gasteiger partial charge in [-0.05, 0) is 28.5 Å². The molecule has 0 spiro atoms. The lowest BCUT2D eigenvalue weighted by Crippen LogP contribution is -2.28. The molecule has 0 atom stereocenters. The van der Waals surface area contributed by atoms with Crippen LogP contribution in [0.2, 0.25) is 0 Å². The molecule has 9 heteroatoms. The Morgan fingerprint density at radius 1 is 1.10 bits per heavy atom. The molecule has 30 heavy (non-hydrogen) atoms. The van der Waals surface area contributed by atoms with Gasteiger partial charge in [0.2, 0.25) is 0 Å². The number of carbonyl (C=O) groups excluding carboxylic acids is 1. The number of fused-ring (bicyclic) bond motifs is 1. The molecule has 0 saturated carbocycles. The fourth-order valence-corrected chi connectivity index (χ4v) is 3.69. The molecule has 0 fully saturated rings. The van der Waals surface area contributed by atoms with Crippen molar-refractivity contribution in [3.63, 3.8) is 0 Å². The van der Waals surface area contributed by atoms with E-state index in [9.17, 15) is 4.79 Å². The van der Waals surface area contributed by atoms with Crippen LogP contribution in [0.1, 0.15) is 11.3 Å². The summed E-state index contributed by atoms with van der Waals surface area (Å²) in [4.78, 5) is 19.7. The van der Waals surface area contributed by atoms with Gasteiger partial charge in [0.1, 0.15) is 11.5 Å². The molecule has 4 rings (SSSR count). The quantitative estimate of drug-likeness (QED) is 0.279. The monoisotopic (exact) mass is 420 g/mol. The number of hydrogen-bond acceptors (Lipinski definition) is 5. The first-order valence-corrected chi connectivity index (χ1v) is 10.1. The average Bonchev–Trinajstić information content (AvgIpc) is 3.40. The van der Waals surface area contributed by atoms with Gasteiger partial charge in [0.15, 0.2) is 16.9 Å². The van der Waals surface area contributed by atoms with Crippen molar-refractivity contribution in [3.05, 3.63) is 71.3 Å². The number of thiazole rings is 1. The number of carbonyl (C=O) groups is 1. The minimum atomic E-state index is -0.605. The minimum absolute atomic E-state index is 0.221. The smallest absolute Gasteiger partial charge is 0.312 e. The molecule has 6 N–H and O–H groups in total. The van der Waals surface area contributed by atoms with Crippen LogP contribution < -0.4 is 22.1 Å². The summed E-state index contributed by atoms with van der Waals surface area (Å²) < 4.78 is 5.67. The lowest BCUT2D eigenvalue weighted by Gasteiger charge is -2.05. The second-order valence-electron chi connectivity index (χ2n) is 6.49. The third kappa shape index (κ3) is 4.58. The maximum absolute atomic E-state index is 10.8. The van der Waals surface area contributed by atoms with Crippen LogP contribution in [0.25, 0.3) is 22.2 Å². The van der Waals surface area contributed by atoms with E-state index in [-0.39, 0.29) is 12.5 Å². The van der Waals surface area contributed by atoms with E-state index < -0.39 is 6.03 Å². The van der Waals surface area contributed by atoms with Crippen LogP contribution >= 0.6 is 11.3 Å². The summed E-state index contributed by atoms with van der Waals surface area (Å²) in [6.45, 7) is 0.686. The van der Waals surface area contributed by atoms with Gasteiger partial charge in [-0.25, -0.2) is 14.8 Å². The third-order valence-corrected chi connectivity index (χ3v) is 5.15. The van der Waals surface area contributed by atoms with Crippen LogP contribution in [0, 0.1) is 0 Å². The van der Waals surface area contributed by atoms with Crippen LogP contribution in [0.4, 0.5) is 9.93 Å². The molecule has 2 aromatic heterocycles. The van der Waals surface area contributed by atoms with Gasteiger partial charge in [0.05, 0.1) is 13.1 Å². The Balaban J connectivity index is 1.41. The Bertz CT molecular complexity index is 1210. The molecule has 8 nitrogen and oxygen atoms in total. The Morgan fingerprint density at radius 2 is 1.93 bits per heavy atom. The van der Waals surface area contributed by atoms with Crippen molar-refractivity contribution in [2.45, 2.75) is 13.1 Å². The Labute approximate surface area is 176 Å². The molecule has 2 amide bonds. The first kappa shape index (κ1) is 19.5. The zero-order valence-electron chi connectivity index (χ0n) is 16.0. The highest BCUT2D eigenvalue weighted by molar-refractivity contribution is 7.14. The molecule has 2 aromatic carbocycles. The maximum atomic E-state index is 10.8. The Hall–Kier alpha value is -3.85. The molecule has 0 aliphatic carbocycles. The Kier molecular flexibility index (Phi) is 5.62. The van der Waals surface area contributed by atoms with Crippen LogP contribution in [-0.2, 0) is 13.1 Å². The molecule has 0 radical (unpaired) electrons. The number of hydrogen-bond donors (Lipinski definition) is 4. The summed E-state index contributed by atoms with van der Waals surface area (Å²) in [5.74, 6) is 1.46. The lowest BCUT2D eigenvalue weighted by molar-refractivity contribution is 0.247. The van der Waals surface area contributed by atoms with Crippen LogP contribution in [0.15, 0.2) is 69.4 Å². The molecule has 152 valence electrons. The van der Waals surface area contributed by atoms with Gasteiger partial charge in [0.25, 0.3) is 0 Å². The van der Waals surface area contributed by atoms with Crippen molar-refractivity contribution in [1.29, 1.82) is 0 Å². The van der Waals surface area contributed by atoms with Gasteiger partial charge in [-0.3, -0.25) is 0 Å². The summed E-state index contributed by atoms with van der Waals surface area (Å²) in [6, 6.07) is 17.3. The number of furan rings is 1. The lowest BCUT2D eigenvalue weighted by atomic mass is 10.1. The number of aliphatic imine (C=N–C) groups is 1. The van der Waals surface area contributed by atoms with Gasteiger partial charge < -0.3 is 26.5 Å². The van der Waals surface area contributed by atoms with E-state index in [0.717, 1.165) is 10.9 Å². The summed E-state index contributed by atoms with van der Waals surface area (Å²) in [6.07, 6.45) is 0. The molecule has 4 aromatic rings. The fourth-order valence-electron chi connectivity index (χ4n) is 2.98. The van der Waals surface area contributed by atoms with Gasteiger partial charge in [-0.1, -0.05) is 42.5 Å². The number of rotatable bonds is 6. The second kappa shape index (κ2) is 8.66. The van der Waals surface area contributed by atoms with E-state index in [4.69, 9.17) is 15.9 Å². The van der Waals surface area contributed by atoms with E-state index in [2.05, 4.69) is 38.8 Å². The van der Waals surface area contributed by atoms with Crippen molar-refractivity contribution in [3.8, 4) is 11.5 Å². The zero-order valence-corrected chi connectivity index (χ0v) is 16.8. The normalized spacial score (nSPS) is 11.5. The summed E-state index contributed by atoms with van der Waals surface area (Å²) in [7, 11) is 0. The molecule has 0 unspecified atom stereocenters. The average molecular weight is 420 g/mol. The first-order valence-electron chi connectivity index (χ1n) is 9.20. The van der Waals surface area contributed by atoms with Crippen molar-refractivity contribution in [2.75, 3.05) is 5.32 Å². The third-order valence-electron chi connectivity index (χ3n) is 4.39. The number of benzene rings is 2. The SMILES string of the molecule is NC(=O)NCc1ccc(-c2csc(NC(N)=NCc3cccc4ccccc34)n2)o1. The van der Waals surface area contributed by atoms with Crippen LogP contribution in [0.3, 0.4) is 0 Å². The highest BCUT2D eigenvalue weighted by Crippen LogP contribution is 2.26. The number of amides is 2. The largest absolute Gasteiger partial charge is 0.458 e. The van der Waals surface area contributed by atoms with E-state index in [1.807, 2.05) is 29.6 Å². The molecule has 0 aliphatic heterocycles. The molecular weight excluding hydrogens is 400 g/mol.